The second-order valence-electron chi connectivity index (χ2n) is 4.39. The van der Waals surface area contributed by atoms with E-state index in [4.69, 9.17) is 4.74 Å². The zero-order chi connectivity index (χ0) is 11.1. The molecule has 2 unspecified atom stereocenters. The van der Waals surface area contributed by atoms with Crippen LogP contribution in [0.1, 0.15) is 13.3 Å². The summed E-state index contributed by atoms with van der Waals surface area (Å²) in [6, 6.07) is 0. The molecule has 0 aromatic heterocycles. The van der Waals surface area contributed by atoms with Gasteiger partial charge in [0.1, 0.15) is 0 Å². The predicted octanol–water partition coefficient (Wildman–Crippen LogP) is -0.0749. The van der Waals surface area contributed by atoms with Gasteiger partial charge in [0.2, 0.25) is 0 Å². The topological polar surface area (TPSA) is 44.7 Å². The van der Waals surface area contributed by atoms with E-state index in [1.54, 1.807) is 0 Å². The summed E-state index contributed by atoms with van der Waals surface area (Å²) in [6.07, 6.45) is 0.898. The van der Waals surface area contributed by atoms with Crippen LogP contribution in [-0.2, 0) is 4.74 Å². The van der Waals surface area contributed by atoms with E-state index in [-0.39, 0.29) is 6.10 Å². The van der Waals surface area contributed by atoms with Gasteiger partial charge in [-0.15, -0.1) is 0 Å². The first-order chi connectivity index (χ1) is 7.22. The van der Waals surface area contributed by atoms with Gasteiger partial charge in [0.05, 0.1) is 12.7 Å². The minimum absolute atomic E-state index is 0.371. The Morgan fingerprint density at radius 2 is 2.40 bits per heavy atom. The van der Waals surface area contributed by atoms with Gasteiger partial charge in [-0.05, 0) is 39.4 Å². The van der Waals surface area contributed by atoms with Crippen molar-refractivity contribution in [2.75, 3.05) is 46.4 Å². The molecule has 0 amide bonds. The van der Waals surface area contributed by atoms with Crippen LogP contribution in [0.3, 0.4) is 0 Å². The average Bonchev–Trinajstić information content (AvgIpc) is 2.61. The second-order valence-corrected chi connectivity index (χ2v) is 4.39. The summed E-state index contributed by atoms with van der Waals surface area (Å²) in [7, 11) is 2.16. The third kappa shape index (κ3) is 5.47. The molecule has 1 fully saturated rings. The maximum Gasteiger partial charge on any atom is 0.0897 e. The Kier molecular flexibility index (Phi) is 6.17. The normalized spacial score (nSPS) is 24.6. The summed E-state index contributed by atoms with van der Waals surface area (Å²) in [5, 5.41) is 12.8. The molecule has 90 valence electrons. The molecule has 0 spiro atoms. The van der Waals surface area contributed by atoms with Gasteiger partial charge >= 0.3 is 0 Å². The summed E-state index contributed by atoms with van der Waals surface area (Å²) < 4.78 is 5.14. The van der Waals surface area contributed by atoms with Gasteiger partial charge in [-0.1, -0.05) is 0 Å². The number of hydrogen-bond acceptors (Lipinski definition) is 4. The fourth-order valence-corrected chi connectivity index (χ4v) is 1.96. The summed E-state index contributed by atoms with van der Waals surface area (Å²) >= 11 is 0. The molecule has 0 radical (unpaired) electrons. The van der Waals surface area contributed by atoms with Gasteiger partial charge in [0, 0.05) is 19.7 Å². The SMILES string of the molecule is CCOCC(O)CNCC1CCN(C)C1. The smallest absolute Gasteiger partial charge is 0.0897 e. The molecule has 0 bridgehead atoms. The summed E-state index contributed by atoms with van der Waals surface area (Å²) in [4.78, 5) is 2.35. The van der Waals surface area contributed by atoms with Crippen molar-refractivity contribution in [2.24, 2.45) is 5.92 Å². The number of aliphatic hydroxyl groups excluding tert-OH is 1. The number of likely N-dealkylation sites (tertiary alicyclic amines) is 1. The first-order valence-electron chi connectivity index (χ1n) is 5.87. The monoisotopic (exact) mass is 216 g/mol. The standard InChI is InChI=1S/C11H24N2O2/c1-3-15-9-11(14)7-12-6-10-4-5-13(2)8-10/h10-12,14H,3-9H2,1-2H3. The molecule has 1 rings (SSSR count). The molecule has 0 aliphatic carbocycles. The Hall–Kier alpha value is -0.160. The van der Waals surface area contributed by atoms with Crippen LogP contribution in [0, 0.1) is 5.92 Å². The van der Waals surface area contributed by atoms with Crippen molar-refractivity contribution in [3.63, 3.8) is 0 Å². The molecule has 0 aromatic rings. The van der Waals surface area contributed by atoms with Crippen molar-refractivity contribution in [2.45, 2.75) is 19.4 Å². The fourth-order valence-electron chi connectivity index (χ4n) is 1.96. The van der Waals surface area contributed by atoms with E-state index in [0.29, 0.717) is 19.8 Å². The summed E-state index contributed by atoms with van der Waals surface area (Å²) in [5.41, 5.74) is 0. The van der Waals surface area contributed by atoms with Gasteiger partial charge in [-0.3, -0.25) is 0 Å². The number of rotatable bonds is 7. The van der Waals surface area contributed by atoms with E-state index in [9.17, 15) is 5.11 Å². The van der Waals surface area contributed by atoms with Crippen molar-refractivity contribution in [3.8, 4) is 0 Å². The van der Waals surface area contributed by atoms with Gasteiger partial charge in [-0.25, -0.2) is 0 Å². The molecule has 0 saturated carbocycles. The van der Waals surface area contributed by atoms with Crippen LogP contribution >= 0.6 is 0 Å². The lowest BCUT2D eigenvalue weighted by Gasteiger charge is -2.14. The lowest BCUT2D eigenvalue weighted by Crippen LogP contribution is -2.34. The average molecular weight is 216 g/mol. The Labute approximate surface area is 92.6 Å². The van der Waals surface area contributed by atoms with Crippen molar-refractivity contribution in [1.82, 2.24) is 10.2 Å². The molecule has 2 atom stereocenters. The quantitative estimate of drug-likeness (QED) is 0.625. The fraction of sp³-hybridized carbons (Fsp3) is 1.00. The first kappa shape index (κ1) is 12.9. The highest BCUT2D eigenvalue weighted by Crippen LogP contribution is 2.12. The lowest BCUT2D eigenvalue weighted by molar-refractivity contribution is 0.0425. The number of nitrogens with one attached hydrogen (secondary N) is 1. The molecule has 4 nitrogen and oxygen atoms in total. The molecule has 1 aliphatic heterocycles. The Balaban J connectivity index is 1.96. The Morgan fingerprint density at radius 3 is 3.00 bits per heavy atom. The van der Waals surface area contributed by atoms with Crippen molar-refractivity contribution < 1.29 is 9.84 Å². The largest absolute Gasteiger partial charge is 0.389 e. The van der Waals surface area contributed by atoms with Crippen LogP contribution in [0.5, 0.6) is 0 Å². The third-order valence-corrected chi connectivity index (χ3v) is 2.82. The predicted molar refractivity (Wildman–Crippen MR) is 61.0 cm³/mol. The van der Waals surface area contributed by atoms with Gasteiger partial charge in [0.25, 0.3) is 0 Å². The highest BCUT2D eigenvalue weighted by Gasteiger charge is 2.18. The Bertz CT molecular complexity index is 167. The minimum atomic E-state index is -0.371. The molecule has 2 N–H and O–H groups in total. The molecular formula is C11H24N2O2. The van der Waals surface area contributed by atoms with Crippen LogP contribution in [0.25, 0.3) is 0 Å². The highest BCUT2D eigenvalue weighted by molar-refractivity contribution is 4.75. The van der Waals surface area contributed by atoms with Crippen molar-refractivity contribution in [3.05, 3.63) is 0 Å². The molecule has 0 aromatic carbocycles. The van der Waals surface area contributed by atoms with E-state index in [1.165, 1.54) is 19.5 Å². The molecule has 1 heterocycles. The second kappa shape index (κ2) is 7.17. The lowest BCUT2D eigenvalue weighted by atomic mass is 10.1. The number of aliphatic hydroxyl groups is 1. The zero-order valence-corrected chi connectivity index (χ0v) is 9.91. The van der Waals surface area contributed by atoms with Crippen molar-refractivity contribution >= 4 is 0 Å². The Morgan fingerprint density at radius 1 is 1.60 bits per heavy atom. The first-order valence-corrected chi connectivity index (χ1v) is 5.87. The zero-order valence-electron chi connectivity index (χ0n) is 9.91. The molecular weight excluding hydrogens is 192 g/mol. The van der Waals surface area contributed by atoms with E-state index >= 15 is 0 Å². The van der Waals surface area contributed by atoms with Gasteiger partial charge in [0.15, 0.2) is 0 Å². The highest BCUT2D eigenvalue weighted by atomic mass is 16.5. The van der Waals surface area contributed by atoms with Crippen LogP contribution in [0.15, 0.2) is 0 Å². The molecule has 1 aliphatic rings. The van der Waals surface area contributed by atoms with E-state index in [1.807, 2.05) is 6.92 Å². The maximum absolute atomic E-state index is 9.51. The summed E-state index contributed by atoms with van der Waals surface area (Å²) in [5.74, 6) is 0.745. The maximum atomic E-state index is 9.51. The third-order valence-electron chi connectivity index (χ3n) is 2.82. The van der Waals surface area contributed by atoms with E-state index in [2.05, 4.69) is 17.3 Å². The van der Waals surface area contributed by atoms with Gasteiger partial charge < -0.3 is 20.1 Å². The molecule has 15 heavy (non-hydrogen) atoms. The van der Waals surface area contributed by atoms with Crippen LogP contribution in [-0.4, -0.2) is 62.6 Å². The van der Waals surface area contributed by atoms with Crippen LogP contribution in [0.2, 0.25) is 0 Å². The van der Waals surface area contributed by atoms with Crippen molar-refractivity contribution in [1.29, 1.82) is 0 Å². The molecule has 4 heteroatoms. The van der Waals surface area contributed by atoms with Crippen LogP contribution in [0.4, 0.5) is 0 Å². The summed E-state index contributed by atoms with van der Waals surface area (Å²) in [6.45, 7) is 7.07. The van der Waals surface area contributed by atoms with E-state index < -0.39 is 0 Å². The minimum Gasteiger partial charge on any atom is -0.389 e. The van der Waals surface area contributed by atoms with E-state index in [0.717, 1.165) is 12.5 Å². The van der Waals surface area contributed by atoms with Crippen LogP contribution < -0.4 is 5.32 Å². The van der Waals surface area contributed by atoms with Gasteiger partial charge in [-0.2, -0.15) is 0 Å². The molecule has 1 saturated heterocycles. The number of ether oxygens (including phenoxy) is 1. The number of nitrogens with zero attached hydrogens (tertiary/aromatic N) is 1. The number of hydrogen-bond donors (Lipinski definition) is 2.